The summed E-state index contributed by atoms with van der Waals surface area (Å²) in [7, 11) is 2.84. The first-order chi connectivity index (χ1) is 10.5. The summed E-state index contributed by atoms with van der Waals surface area (Å²) < 4.78 is 15.2. The van der Waals surface area contributed by atoms with E-state index in [1.54, 1.807) is 38.3 Å². The molecule has 1 aliphatic heterocycles. The number of hydrogen-bond acceptors (Lipinski definition) is 6. The SMILES string of the molecule is COC(=O)C1=C(C)OC(N)=C(C#N)C1c1ccc(OC)cc1. The summed E-state index contributed by atoms with van der Waals surface area (Å²) in [5.74, 6) is -0.195. The molecule has 0 aliphatic carbocycles. The van der Waals surface area contributed by atoms with Crippen LogP contribution >= 0.6 is 0 Å². The van der Waals surface area contributed by atoms with Gasteiger partial charge in [-0.15, -0.1) is 0 Å². The Morgan fingerprint density at radius 3 is 2.45 bits per heavy atom. The molecule has 0 fully saturated rings. The Labute approximate surface area is 128 Å². The van der Waals surface area contributed by atoms with Gasteiger partial charge in [0, 0.05) is 0 Å². The minimum Gasteiger partial charge on any atom is -0.497 e. The molecule has 0 bridgehead atoms. The first-order valence-electron chi connectivity index (χ1n) is 6.54. The summed E-state index contributed by atoms with van der Waals surface area (Å²) in [5, 5.41) is 9.39. The van der Waals surface area contributed by atoms with E-state index in [0.717, 1.165) is 5.56 Å². The lowest BCUT2D eigenvalue weighted by Gasteiger charge is -2.26. The highest BCUT2D eigenvalue weighted by Gasteiger charge is 2.35. The molecule has 0 amide bonds. The molecule has 1 aromatic carbocycles. The quantitative estimate of drug-likeness (QED) is 0.857. The predicted molar refractivity (Wildman–Crippen MR) is 78.4 cm³/mol. The Kier molecular flexibility index (Phi) is 4.37. The Bertz CT molecular complexity index is 696. The van der Waals surface area contributed by atoms with Crippen LogP contribution in [-0.4, -0.2) is 20.2 Å². The molecule has 2 rings (SSSR count). The third kappa shape index (κ3) is 2.61. The number of carbonyl (C=O) groups is 1. The van der Waals surface area contributed by atoms with E-state index in [4.69, 9.17) is 19.9 Å². The van der Waals surface area contributed by atoms with Crippen molar-refractivity contribution < 1.29 is 19.0 Å². The van der Waals surface area contributed by atoms with Crippen LogP contribution in [-0.2, 0) is 14.3 Å². The summed E-state index contributed by atoms with van der Waals surface area (Å²) in [4.78, 5) is 12.1. The van der Waals surface area contributed by atoms with E-state index in [-0.39, 0.29) is 17.0 Å². The molecule has 0 spiro atoms. The number of ether oxygens (including phenoxy) is 3. The average molecular weight is 300 g/mol. The lowest BCUT2D eigenvalue weighted by molar-refractivity contribution is -0.136. The number of hydrogen-bond donors (Lipinski definition) is 1. The van der Waals surface area contributed by atoms with Crippen molar-refractivity contribution in [3.8, 4) is 11.8 Å². The van der Waals surface area contributed by atoms with Gasteiger partial charge in [0.1, 0.15) is 23.2 Å². The molecule has 1 aliphatic rings. The van der Waals surface area contributed by atoms with Gasteiger partial charge in [0.2, 0.25) is 5.88 Å². The molecule has 0 saturated carbocycles. The highest BCUT2D eigenvalue weighted by Crippen LogP contribution is 2.39. The van der Waals surface area contributed by atoms with Crippen LogP contribution in [0.5, 0.6) is 5.75 Å². The van der Waals surface area contributed by atoms with Crippen LogP contribution in [0.4, 0.5) is 0 Å². The minimum absolute atomic E-state index is 0.00605. The molecule has 1 atom stereocenters. The molecule has 1 unspecified atom stereocenters. The molecule has 0 saturated heterocycles. The van der Waals surface area contributed by atoms with Crippen LogP contribution in [0.25, 0.3) is 0 Å². The molecular weight excluding hydrogens is 284 g/mol. The van der Waals surface area contributed by atoms with Gasteiger partial charge in [-0.3, -0.25) is 0 Å². The summed E-state index contributed by atoms with van der Waals surface area (Å²) in [6.07, 6.45) is 0. The van der Waals surface area contributed by atoms with Crippen molar-refractivity contribution in [3.63, 3.8) is 0 Å². The number of allylic oxidation sites excluding steroid dienone is 2. The molecule has 1 heterocycles. The van der Waals surface area contributed by atoms with Crippen molar-refractivity contribution in [3.05, 3.63) is 52.6 Å². The van der Waals surface area contributed by atoms with Gasteiger partial charge in [-0.05, 0) is 24.6 Å². The normalized spacial score (nSPS) is 17.6. The first-order valence-corrected chi connectivity index (χ1v) is 6.54. The van der Waals surface area contributed by atoms with E-state index < -0.39 is 11.9 Å². The van der Waals surface area contributed by atoms with Crippen molar-refractivity contribution in [2.45, 2.75) is 12.8 Å². The second kappa shape index (κ2) is 6.22. The van der Waals surface area contributed by atoms with Crippen molar-refractivity contribution in [2.24, 2.45) is 5.73 Å². The highest BCUT2D eigenvalue weighted by molar-refractivity contribution is 5.92. The number of carbonyl (C=O) groups excluding carboxylic acids is 1. The maximum atomic E-state index is 12.1. The Morgan fingerprint density at radius 1 is 1.32 bits per heavy atom. The molecule has 0 aromatic heterocycles. The van der Waals surface area contributed by atoms with Gasteiger partial charge >= 0.3 is 5.97 Å². The summed E-state index contributed by atoms with van der Waals surface area (Å²) in [5.41, 5.74) is 6.96. The summed E-state index contributed by atoms with van der Waals surface area (Å²) >= 11 is 0. The Hall–Kier alpha value is -2.94. The van der Waals surface area contributed by atoms with E-state index in [2.05, 4.69) is 0 Å². The molecule has 22 heavy (non-hydrogen) atoms. The first kappa shape index (κ1) is 15.4. The van der Waals surface area contributed by atoms with E-state index in [1.807, 2.05) is 6.07 Å². The smallest absolute Gasteiger partial charge is 0.338 e. The fraction of sp³-hybridized carbons (Fsp3) is 0.250. The van der Waals surface area contributed by atoms with E-state index in [9.17, 15) is 10.1 Å². The number of nitrogens with two attached hydrogens (primary N) is 1. The van der Waals surface area contributed by atoms with Gasteiger partial charge in [-0.2, -0.15) is 5.26 Å². The van der Waals surface area contributed by atoms with Gasteiger partial charge < -0.3 is 19.9 Å². The molecule has 1 aromatic rings. The second-order valence-corrected chi connectivity index (χ2v) is 4.66. The van der Waals surface area contributed by atoms with Crippen LogP contribution in [0.15, 0.2) is 47.1 Å². The maximum Gasteiger partial charge on any atom is 0.338 e. The van der Waals surface area contributed by atoms with Crippen molar-refractivity contribution >= 4 is 5.97 Å². The third-order valence-corrected chi connectivity index (χ3v) is 3.46. The lowest BCUT2D eigenvalue weighted by Crippen LogP contribution is -2.25. The van der Waals surface area contributed by atoms with Crippen LogP contribution < -0.4 is 10.5 Å². The van der Waals surface area contributed by atoms with Gasteiger partial charge in [0.05, 0.1) is 25.7 Å². The highest BCUT2D eigenvalue weighted by atomic mass is 16.5. The fourth-order valence-corrected chi connectivity index (χ4v) is 2.39. The van der Waals surface area contributed by atoms with Crippen molar-refractivity contribution in [1.29, 1.82) is 5.26 Å². The summed E-state index contributed by atoms with van der Waals surface area (Å²) in [6, 6.07) is 9.06. The lowest BCUT2D eigenvalue weighted by atomic mass is 9.83. The predicted octanol–water partition coefficient (Wildman–Crippen LogP) is 1.95. The average Bonchev–Trinajstić information content (AvgIpc) is 2.53. The number of rotatable bonds is 3. The fourth-order valence-electron chi connectivity index (χ4n) is 2.39. The molecule has 2 N–H and O–H groups in total. The topological polar surface area (TPSA) is 94.6 Å². The number of methoxy groups -OCH3 is 2. The molecule has 6 heteroatoms. The zero-order chi connectivity index (χ0) is 16.3. The maximum absolute atomic E-state index is 12.1. The monoisotopic (exact) mass is 300 g/mol. The molecule has 114 valence electrons. The largest absolute Gasteiger partial charge is 0.497 e. The van der Waals surface area contributed by atoms with Gasteiger partial charge in [0.15, 0.2) is 0 Å². The standard InChI is InChI=1S/C16H16N2O4/c1-9-13(16(19)21-3)14(12(8-17)15(18)22-9)10-4-6-11(20-2)7-5-10/h4-7,14H,18H2,1-3H3. The third-order valence-electron chi connectivity index (χ3n) is 3.46. The summed E-state index contributed by atoms with van der Waals surface area (Å²) in [6.45, 7) is 1.61. The van der Waals surface area contributed by atoms with Crippen molar-refractivity contribution in [2.75, 3.05) is 14.2 Å². The second-order valence-electron chi connectivity index (χ2n) is 4.66. The van der Waals surface area contributed by atoms with E-state index >= 15 is 0 Å². The van der Waals surface area contributed by atoms with Crippen LogP contribution in [0.2, 0.25) is 0 Å². The molecular formula is C16H16N2O4. The van der Waals surface area contributed by atoms with Crippen LogP contribution in [0.1, 0.15) is 18.4 Å². The van der Waals surface area contributed by atoms with E-state index in [0.29, 0.717) is 11.5 Å². The van der Waals surface area contributed by atoms with Crippen LogP contribution in [0.3, 0.4) is 0 Å². The van der Waals surface area contributed by atoms with Crippen molar-refractivity contribution in [1.82, 2.24) is 0 Å². The Balaban J connectivity index is 2.59. The van der Waals surface area contributed by atoms with Gasteiger partial charge in [-0.1, -0.05) is 12.1 Å². The Morgan fingerprint density at radius 2 is 1.95 bits per heavy atom. The number of benzene rings is 1. The zero-order valence-corrected chi connectivity index (χ0v) is 12.5. The molecule has 6 nitrogen and oxygen atoms in total. The minimum atomic E-state index is -0.628. The van der Waals surface area contributed by atoms with Crippen LogP contribution in [0, 0.1) is 11.3 Å². The molecule has 0 radical (unpaired) electrons. The number of nitriles is 1. The number of esters is 1. The van der Waals surface area contributed by atoms with E-state index in [1.165, 1.54) is 7.11 Å². The zero-order valence-electron chi connectivity index (χ0n) is 12.5. The number of nitrogens with zero attached hydrogens (tertiary/aromatic N) is 1. The van der Waals surface area contributed by atoms with Gasteiger partial charge in [-0.25, -0.2) is 4.79 Å². The van der Waals surface area contributed by atoms with Gasteiger partial charge in [0.25, 0.3) is 0 Å².